The molecular formula is C49H33N5. The fraction of sp³-hybridized carbons (Fsp3) is 0.0408. The Morgan fingerprint density at radius 3 is 1.87 bits per heavy atom. The first-order valence-electron chi connectivity index (χ1n) is 18.5. The normalized spacial score (nSPS) is 12.6. The van der Waals surface area contributed by atoms with Gasteiger partial charge < -0.3 is 4.57 Å². The van der Waals surface area contributed by atoms with Crippen LogP contribution >= 0.6 is 0 Å². The van der Waals surface area contributed by atoms with Crippen LogP contribution in [0, 0.1) is 0 Å². The SMILES string of the molecule is C1=Cc2c(n(-c3nc(-c4ccccc4)nc(-c4ccccc4)n3)c3c2c(-c2ccc4ccccc4c2)cc2c4ccccc4n(-c4ccccc4)c23)CC1. The molecule has 0 aliphatic heterocycles. The topological polar surface area (TPSA) is 48.5 Å². The summed E-state index contributed by atoms with van der Waals surface area (Å²) in [5.41, 5.74) is 11.2. The first kappa shape index (κ1) is 30.5. The Kier molecular flexibility index (Phi) is 6.92. The van der Waals surface area contributed by atoms with Crippen molar-refractivity contribution in [2.24, 2.45) is 0 Å². The van der Waals surface area contributed by atoms with Crippen LogP contribution < -0.4 is 0 Å². The fourth-order valence-electron chi connectivity index (χ4n) is 8.39. The van der Waals surface area contributed by atoms with Gasteiger partial charge in [-0.2, -0.15) is 9.97 Å². The molecule has 254 valence electrons. The van der Waals surface area contributed by atoms with Crippen molar-refractivity contribution in [1.82, 2.24) is 24.1 Å². The predicted octanol–water partition coefficient (Wildman–Crippen LogP) is 12.0. The summed E-state index contributed by atoms with van der Waals surface area (Å²) >= 11 is 0. The van der Waals surface area contributed by atoms with E-state index in [4.69, 9.17) is 15.0 Å². The van der Waals surface area contributed by atoms with E-state index in [1.54, 1.807) is 0 Å². The fourth-order valence-corrected chi connectivity index (χ4v) is 8.39. The molecule has 54 heavy (non-hydrogen) atoms. The maximum absolute atomic E-state index is 5.34. The quantitative estimate of drug-likeness (QED) is 0.180. The number of hydrogen-bond acceptors (Lipinski definition) is 3. The molecule has 3 aromatic heterocycles. The van der Waals surface area contributed by atoms with Gasteiger partial charge >= 0.3 is 0 Å². The summed E-state index contributed by atoms with van der Waals surface area (Å²) in [7, 11) is 0. The van der Waals surface area contributed by atoms with Crippen molar-refractivity contribution in [3.63, 3.8) is 0 Å². The molecule has 10 aromatic rings. The number of para-hydroxylation sites is 2. The molecule has 1 aliphatic carbocycles. The van der Waals surface area contributed by atoms with Gasteiger partial charge in [0.05, 0.1) is 16.6 Å². The van der Waals surface area contributed by atoms with Gasteiger partial charge in [0.15, 0.2) is 11.6 Å². The lowest BCUT2D eigenvalue weighted by molar-refractivity contribution is 0.839. The van der Waals surface area contributed by atoms with Gasteiger partial charge in [0.1, 0.15) is 0 Å². The zero-order valence-corrected chi connectivity index (χ0v) is 29.4. The molecule has 11 rings (SSSR count). The van der Waals surface area contributed by atoms with Crippen molar-refractivity contribution in [3.8, 4) is 45.5 Å². The Bertz CT molecular complexity index is 3030. The van der Waals surface area contributed by atoms with Gasteiger partial charge in [-0.3, -0.25) is 4.57 Å². The first-order valence-corrected chi connectivity index (χ1v) is 18.5. The molecule has 0 radical (unpaired) electrons. The Hall–Kier alpha value is -7.11. The van der Waals surface area contributed by atoms with E-state index < -0.39 is 0 Å². The molecule has 0 fully saturated rings. The zero-order valence-electron chi connectivity index (χ0n) is 29.4. The van der Waals surface area contributed by atoms with E-state index in [1.807, 2.05) is 36.4 Å². The third-order valence-corrected chi connectivity index (χ3v) is 10.8. The van der Waals surface area contributed by atoms with Gasteiger partial charge in [0.2, 0.25) is 5.95 Å². The summed E-state index contributed by atoms with van der Waals surface area (Å²) in [4.78, 5) is 15.8. The average Bonchev–Trinajstić information content (AvgIpc) is 3.77. The third kappa shape index (κ3) is 4.75. The van der Waals surface area contributed by atoms with Crippen molar-refractivity contribution in [1.29, 1.82) is 0 Å². The largest absolute Gasteiger partial charge is 0.307 e. The molecule has 0 saturated carbocycles. The summed E-state index contributed by atoms with van der Waals surface area (Å²) < 4.78 is 4.79. The van der Waals surface area contributed by atoms with E-state index in [9.17, 15) is 0 Å². The van der Waals surface area contributed by atoms with Crippen LogP contribution in [0.2, 0.25) is 0 Å². The van der Waals surface area contributed by atoms with Crippen molar-refractivity contribution < 1.29 is 0 Å². The maximum atomic E-state index is 5.34. The van der Waals surface area contributed by atoms with E-state index in [0.29, 0.717) is 17.6 Å². The Morgan fingerprint density at radius 1 is 0.481 bits per heavy atom. The maximum Gasteiger partial charge on any atom is 0.238 e. The molecule has 1 aliphatic rings. The molecule has 0 atom stereocenters. The van der Waals surface area contributed by atoms with E-state index >= 15 is 0 Å². The highest BCUT2D eigenvalue weighted by Gasteiger charge is 2.29. The smallest absolute Gasteiger partial charge is 0.238 e. The van der Waals surface area contributed by atoms with Crippen LogP contribution in [0.25, 0.3) is 95.1 Å². The van der Waals surface area contributed by atoms with Gasteiger partial charge in [-0.15, -0.1) is 0 Å². The predicted molar refractivity (Wildman–Crippen MR) is 222 cm³/mol. The van der Waals surface area contributed by atoms with Gasteiger partial charge in [-0.1, -0.05) is 146 Å². The van der Waals surface area contributed by atoms with E-state index in [1.165, 1.54) is 49.3 Å². The van der Waals surface area contributed by atoms with Crippen LogP contribution in [0.3, 0.4) is 0 Å². The summed E-state index contributed by atoms with van der Waals surface area (Å²) in [6, 6.07) is 57.9. The molecule has 5 heteroatoms. The Labute approximate surface area is 312 Å². The van der Waals surface area contributed by atoms with E-state index in [0.717, 1.165) is 46.2 Å². The standard InChI is InChI=1S/C49H33N5/c1-4-17-33(18-5-1)47-50-48(34-19-6-2-7-20-34)52-49(51-47)54-43-27-15-13-25-39(43)44-40(36-29-28-32-16-10-11-21-35(32)30-36)31-41-38-24-12-14-26-42(38)53(45(41)46(44)54)37-22-8-3-9-23-37/h1-14,16-26,28-31H,15,27H2. The van der Waals surface area contributed by atoms with E-state index in [-0.39, 0.29) is 0 Å². The minimum absolute atomic E-state index is 0.617. The lowest BCUT2D eigenvalue weighted by atomic mass is 9.92. The van der Waals surface area contributed by atoms with Gasteiger partial charge in [0.25, 0.3) is 0 Å². The van der Waals surface area contributed by atoms with Crippen molar-refractivity contribution in [2.45, 2.75) is 12.8 Å². The second kappa shape index (κ2) is 12.2. The van der Waals surface area contributed by atoms with Crippen molar-refractivity contribution in [2.75, 3.05) is 0 Å². The molecule has 0 amide bonds. The highest BCUT2D eigenvalue weighted by molar-refractivity contribution is 6.23. The highest BCUT2D eigenvalue weighted by atomic mass is 15.2. The van der Waals surface area contributed by atoms with Crippen LogP contribution in [-0.2, 0) is 6.42 Å². The third-order valence-electron chi connectivity index (χ3n) is 10.8. The van der Waals surface area contributed by atoms with Crippen LogP contribution in [0.15, 0.2) is 170 Å². The lowest BCUT2D eigenvalue weighted by Crippen LogP contribution is -2.10. The number of benzene rings is 7. The van der Waals surface area contributed by atoms with Crippen molar-refractivity contribution in [3.05, 3.63) is 181 Å². The van der Waals surface area contributed by atoms with E-state index in [2.05, 4.69) is 149 Å². The minimum Gasteiger partial charge on any atom is -0.307 e. The van der Waals surface area contributed by atoms with Gasteiger partial charge in [-0.05, 0) is 65.1 Å². The average molecular weight is 692 g/mol. The second-order valence-corrected chi connectivity index (χ2v) is 13.9. The number of allylic oxidation sites excluding steroid dienone is 1. The number of nitrogens with zero attached hydrogens (tertiary/aromatic N) is 5. The molecule has 0 unspecified atom stereocenters. The molecule has 3 heterocycles. The number of hydrogen-bond donors (Lipinski definition) is 0. The number of fused-ring (bicyclic) bond motifs is 8. The Balaban J connectivity index is 1.35. The van der Waals surface area contributed by atoms with Crippen molar-refractivity contribution >= 4 is 49.6 Å². The van der Waals surface area contributed by atoms with Crippen LogP contribution in [0.4, 0.5) is 0 Å². The van der Waals surface area contributed by atoms with Gasteiger partial charge in [0, 0.05) is 44.2 Å². The molecular weight excluding hydrogens is 659 g/mol. The lowest BCUT2D eigenvalue weighted by Gasteiger charge is -2.15. The molecule has 0 bridgehead atoms. The molecule has 0 spiro atoms. The monoisotopic (exact) mass is 691 g/mol. The number of aromatic nitrogens is 5. The zero-order chi connectivity index (χ0) is 35.6. The summed E-state index contributed by atoms with van der Waals surface area (Å²) in [6.07, 6.45) is 6.42. The molecule has 7 aromatic carbocycles. The molecule has 0 saturated heterocycles. The molecule has 0 N–H and O–H groups in total. The van der Waals surface area contributed by atoms with Crippen LogP contribution in [0.1, 0.15) is 17.7 Å². The summed E-state index contributed by atoms with van der Waals surface area (Å²) in [5, 5.41) is 6.03. The molecule has 5 nitrogen and oxygen atoms in total. The van der Waals surface area contributed by atoms with Crippen LogP contribution in [0.5, 0.6) is 0 Å². The second-order valence-electron chi connectivity index (χ2n) is 13.9. The summed E-state index contributed by atoms with van der Waals surface area (Å²) in [5.74, 6) is 1.91. The Morgan fingerprint density at radius 2 is 1.13 bits per heavy atom. The first-order chi connectivity index (χ1) is 26.8. The summed E-state index contributed by atoms with van der Waals surface area (Å²) in [6.45, 7) is 0. The highest BCUT2D eigenvalue weighted by Crippen LogP contribution is 2.47. The minimum atomic E-state index is 0.617. The van der Waals surface area contributed by atoms with Gasteiger partial charge in [-0.25, -0.2) is 4.98 Å². The number of rotatable bonds is 5. The van der Waals surface area contributed by atoms with Crippen LogP contribution in [-0.4, -0.2) is 24.1 Å².